The second kappa shape index (κ2) is 8.58. The first-order valence-electron chi connectivity index (χ1n) is 10.5. The summed E-state index contributed by atoms with van der Waals surface area (Å²) >= 11 is 0. The molecule has 0 saturated carbocycles. The van der Waals surface area contributed by atoms with E-state index in [1.807, 2.05) is 48.7 Å². The van der Waals surface area contributed by atoms with Crippen molar-refractivity contribution in [2.45, 2.75) is 19.5 Å². The number of aromatic nitrogens is 4. The molecule has 8 nitrogen and oxygen atoms in total. The number of para-hydroxylation sites is 3. The molecule has 0 aliphatic rings. The summed E-state index contributed by atoms with van der Waals surface area (Å²) in [6.07, 6.45) is 5.31. The molecular formula is C25H21N5O3. The molecule has 0 fully saturated rings. The molecular weight excluding hydrogens is 418 g/mol. The highest BCUT2D eigenvalue weighted by Crippen LogP contribution is 2.23. The van der Waals surface area contributed by atoms with E-state index in [1.54, 1.807) is 48.3 Å². The smallest absolute Gasteiger partial charge is 0.408 e. The van der Waals surface area contributed by atoms with Gasteiger partial charge in [0.05, 0.1) is 16.9 Å². The van der Waals surface area contributed by atoms with Crippen LogP contribution in [0.3, 0.4) is 0 Å². The van der Waals surface area contributed by atoms with Crippen LogP contribution in [0.25, 0.3) is 28.0 Å². The van der Waals surface area contributed by atoms with E-state index in [0.29, 0.717) is 11.1 Å². The number of amides is 1. The zero-order chi connectivity index (χ0) is 22.8. The van der Waals surface area contributed by atoms with Gasteiger partial charge in [0.1, 0.15) is 6.04 Å². The number of pyridine rings is 1. The van der Waals surface area contributed by atoms with E-state index in [1.165, 1.54) is 4.57 Å². The van der Waals surface area contributed by atoms with Crippen molar-refractivity contribution in [3.8, 4) is 16.9 Å². The molecule has 3 aromatic heterocycles. The lowest BCUT2D eigenvalue weighted by atomic mass is 10.1. The van der Waals surface area contributed by atoms with Crippen molar-refractivity contribution < 1.29 is 9.21 Å². The van der Waals surface area contributed by atoms with Crippen LogP contribution in [0.15, 0.2) is 94.5 Å². The highest BCUT2D eigenvalue weighted by molar-refractivity contribution is 5.83. The zero-order valence-corrected chi connectivity index (χ0v) is 17.9. The predicted molar refractivity (Wildman–Crippen MR) is 124 cm³/mol. The Bertz CT molecular complexity index is 1470. The van der Waals surface area contributed by atoms with Crippen molar-refractivity contribution in [1.29, 1.82) is 0 Å². The molecule has 5 aromatic rings. The Morgan fingerprint density at radius 3 is 2.55 bits per heavy atom. The second-order valence-electron chi connectivity index (χ2n) is 7.62. The number of benzene rings is 2. The van der Waals surface area contributed by atoms with Gasteiger partial charge < -0.3 is 9.73 Å². The summed E-state index contributed by atoms with van der Waals surface area (Å²) in [4.78, 5) is 29.4. The Labute approximate surface area is 189 Å². The topological polar surface area (TPSA) is 95.0 Å². The summed E-state index contributed by atoms with van der Waals surface area (Å²) in [5, 5.41) is 7.69. The molecule has 2 aromatic carbocycles. The monoisotopic (exact) mass is 439 g/mol. The summed E-state index contributed by atoms with van der Waals surface area (Å²) < 4.78 is 8.42. The van der Waals surface area contributed by atoms with Crippen LogP contribution in [0.4, 0.5) is 0 Å². The van der Waals surface area contributed by atoms with Crippen molar-refractivity contribution >= 4 is 17.0 Å². The largest absolute Gasteiger partial charge is 0.420 e. The third kappa shape index (κ3) is 3.94. The fraction of sp³-hybridized carbons (Fsp3) is 0.120. The van der Waals surface area contributed by atoms with E-state index in [0.717, 1.165) is 22.5 Å². The molecule has 0 aliphatic carbocycles. The van der Waals surface area contributed by atoms with E-state index in [2.05, 4.69) is 10.3 Å². The number of fused-ring (bicyclic) bond motifs is 1. The Hall–Kier alpha value is -4.46. The van der Waals surface area contributed by atoms with E-state index in [-0.39, 0.29) is 12.5 Å². The lowest BCUT2D eigenvalue weighted by molar-refractivity contribution is -0.124. The molecule has 1 atom stereocenters. The lowest BCUT2D eigenvalue weighted by Gasteiger charge is -2.13. The SMILES string of the molecule is CC(C(=O)NCc1cn(-c2ccccc2)nc1-c1ccncc1)n1c(=O)oc2ccccc21. The van der Waals surface area contributed by atoms with Crippen molar-refractivity contribution in [2.24, 2.45) is 0 Å². The third-order valence-corrected chi connectivity index (χ3v) is 5.50. The number of hydrogen-bond donors (Lipinski definition) is 1. The average molecular weight is 439 g/mol. The molecule has 1 N–H and O–H groups in total. The normalized spacial score (nSPS) is 12.0. The highest BCUT2D eigenvalue weighted by Gasteiger charge is 2.22. The standard InChI is InChI=1S/C25H21N5O3/c1-17(30-21-9-5-6-10-22(21)33-25(30)32)24(31)27-15-19-16-29(20-7-3-2-4-8-20)28-23(19)18-11-13-26-14-12-18/h2-14,16-17H,15H2,1H3,(H,27,31). The van der Waals surface area contributed by atoms with Gasteiger partial charge in [0.15, 0.2) is 5.58 Å². The first-order chi connectivity index (χ1) is 16.1. The van der Waals surface area contributed by atoms with E-state index >= 15 is 0 Å². The van der Waals surface area contributed by atoms with Crippen molar-refractivity contribution in [3.63, 3.8) is 0 Å². The molecule has 5 rings (SSSR count). The second-order valence-corrected chi connectivity index (χ2v) is 7.62. The minimum absolute atomic E-state index is 0.248. The summed E-state index contributed by atoms with van der Waals surface area (Å²) in [7, 11) is 0. The molecule has 33 heavy (non-hydrogen) atoms. The maximum atomic E-state index is 13.0. The average Bonchev–Trinajstić information content (AvgIpc) is 3.43. The van der Waals surface area contributed by atoms with Crippen molar-refractivity contribution in [1.82, 2.24) is 24.6 Å². The third-order valence-electron chi connectivity index (χ3n) is 5.50. The first kappa shape index (κ1) is 20.4. The number of carbonyl (C=O) groups excluding carboxylic acids is 1. The van der Waals surface area contributed by atoms with Crippen molar-refractivity contribution in [2.75, 3.05) is 0 Å². The number of oxazole rings is 1. The van der Waals surface area contributed by atoms with Gasteiger partial charge in [-0.05, 0) is 43.3 Å². The van der Waals surface area contributed by atoms with Crippen LogP contribution in [-0.2, 0) is 11.3 Å². The first-order valence-corrected chi connectivity index (χ1v) is 10.5. The van der Waals surface area contributed by atoms with E-state index < -0.39 is 11.8 Å². The van der Waals surface area contributed by atoms with Gasteiger partial charge in [-0.1, -0.05) is 30.3 Å². The van der Waals surface area contributed by atoms with Crippen LogP contribution < -0.4 is 11.1 Å². The Kier molecular flexibility index (Phi) is 5.32. The van der Waals surface area contributed by atoms with Crippen LogP contribution in [-0.4, -0.2) is 25.2 Å². The molecule has 164 valence electrons. The molecule has 3 heterocycles. The quantitative estimate of drug-likeness (QED) is 0.435. The molecule has 0 radical (unpaired) electrons. The van der Waals surface area contributed by atoms with Gasteiger partial charge in [0.25, 0.3) is 0 Å². The highest BCUT2D eigenvalue weighted by atomic mass is 16.4. The Morgan fingerprint density at radius 2 is 1.76 bits per heavy atom. The van der Waals surface area contributed by atoms with Gasteiger partial charge in [-0.2, -0.15) is 5.10 Å². The summed E-state index contributed by atoms with van der Waals surface area (Å²) in [6, 6.07) is 19.8. The van der Waals surface area contributed by atoms with E-state index in [4.69, 9.17) is 9.52 Å². The number of hydrogen-bond acceptors (Lipinski definition) is 5. The van der Waals surface area contributed by atoms with Gasteiger partial charge in [0, 0.05) is 36.3 Å². The fourth-order valence-electron chi connectivity index (χ4n) is 3.80. The van der Waals surface area contributed by atoms with Gasteiger partial charge >= 0.3 is 5.76 Å². The van der Waals surface area contributed by atoms with Crippen LogP contribution in [0, 0.1) is 0 Å². The van der Waals surface area contributed by atoms with Gasteiger partial charge in [-0.3, -0.25) is 14.3 Å². The van der Waals surface area contributed by atoms with Crippen LogP contribution in [0.5, 0.6) is 0 Å². The van der Waals surface area contributed by atoms with E-state index in [9.17, 15) is 9.59 Å². The lowest BCUT2D eigenvalue weighted by Crippen LogP contribution is -2.34. The molecule has 0 saturated heterocycles. The maximum absolute atomic E-state index is 13.0. The van der Waals surface area contributed by atoms with Gasteiger partial charge in [-0.25, -0.2) is 9.48 Å². The van der Waals surface area contributed by atoms with Crippen LogP contribution >= 0.6 is 0 Å². The minimum Gasteiger partial charge on any atom is -0.408 e. The summed E-state index contributed by atoms with van der Waals surface area (Å²) in [5.41, 5.74) is 4.44. The molecule has 0 bridgehead atoms. The van der Waals surface area contributed by atoms with Gasteiger partial charge in [-0.15, -0.1) is 0 Å². The molecule has 0 aliphatic heterocycles. The van der Waals surface area contributed by atoms with Crippen LogP contribution in [0.1, 0.15) is 18.5 Å². The zero-order valence-electron chi connectivity index (χ0n) is 17.9. The maximum Gasteiger partial charge on any atom is 0.420 e. The Balaban J connectivity index is 1.43. The van der Waals surface area contributed by atoms with Gasteiger partial charge in [0.2, 0.25) is 5.91 Å². The molecule has 1 amide bonds. The van der Waals surface area contributed by atoms with Crippen molar-refractivity contribution in [3.05, 3.63) is 101 Å². The number of carbonyl (C=O) groups is 1. The fourth-order valence-corrected chi connectivity index (χ4v) is 3.80. The number of rotatable bonds is 6. The predicted octanol–water partition coefficient (Wildman–Crippen LogP) is 3.72. The van der Waals surface area contributed by atoms with Crippen LogP contribution in [0.2, 0.25) is 0 Å². The summed E-state index contributed by atoms with van der Waals surface area (Å²) in [5.74, 6) is -0.856. The summed E-state index contributed by atoms with van der Waals surface area (Å²) in [6.45, 7) is 1.92. The number of nitrogens with zero attached hydrogens (tertiary/aromatic N) is 4. The number of nitrogens with one attached hydrogen (secondary N) is 1. The minimum atomic E-state index is -0.741. The Morgan fingerprint density at radius 1 is 1.03 bits per heavy atom. The molecule has 8 heteroatoms. The molecule has 0 spiro atoms. The molecule has 1 unspecified atom stereocenters.